The van der Waals surface area contributed by atoms with Crippen LogP contribution in [-0.2, 0) is 20.3 Å². The minimum absolute atomic E-state index is 0.0533. The molecule has 0 aliphatic carbocycles. The number of hydrogen-bond acceptors (Lipinski definition) is 5. The zero-order chi connectivity index (χ0) is 14.6. The Hall–Kier alpha value is -1.50. The molecule has 0 amide bonds. The van der Waals surface area contributed by atoms with Crippen LogP contribution in [0.25, 0.3) is 10.9 Å². The second-order valence-electron chi connectivity index (χ2n) is 4.81. The van der Waals surface area contributed by atoms with Gasteiger partial charge in [-0.05, 0) is 17.7 Å². The molecule has 0 bridgehead atoms. The van der Waals surface area contributed by atoms with Gasteiger partial charge in [0.05, 0.1) is 23.6 Å². The van der Waals surface area contributed by atoms with Crippen molar-refractivity contribution >= 4 is 20.7 Å². The van der Waals surface area contributed by atoms with Gasteiger partial charge in [-0.3, -0.25) is 4.98 Å². The number of pyridine rings is 1. The Labute approximate surface area is 118 Å². The van der Waals surface area contributed by atoms with E-state index in [0.29, 0.717) is 5.56 Å². The number of sulfone groups is 1. The van der Waals surface area contributed by atoms with Crippen molar-refractivity contribution < 1.29 is 13.2 Å². The number of aromatic nitrogens is 1. The minimum Gasteiger partial charge on any atom is -0.383 e. The molecule has 0 aliphatic rings. The molecule has 6 heteroatoms. The fourth-order valence-electron chi connectivity index (χ4n) is 2.10. The average molecular weight is 294 g/mol. The van der Waals surface area contributed by atoms with Gasteiger partial charge in [0.15, 0.2) is 9.84 Å². The summed E-state index contributed by atoms with van der Waals surface area (Å²) in [6, 6.07) is 8.95. The fourth-order valence-corrected chi connectivity index (χ4v) is 3.63. The van der Waals surface area contributed by atoms with Crippen molar-refractivity contribution in [3.63, 3.8) is 0 Å². The molecule has 108 valence electrons. The second kappa shape index (κ2) is 6.30. The maximum Gasteiger partial charge on any atom is 0.156 e. The van der Waals surface area contributed by atoms with Crippen molar-refractivity contribution in [1.29, 1.82) is 0 Å². The highest BCUT2D eigenvalue weighted by molar-refractivity contribution is 7.90. The van der Waals surface area contributed by atoms with Crippen LogP contribution in [0.1, 0.15) is 5.56 Å². The van der Waals surface area contributed by atoms with Crippen LogP contribution in [0.2, 0.25) is 0 Å². The maximum absolute atomic E-state index is 12.1. The number of nitrogens with two attached hydrogens (primary N) is 1. The number of nitrogens with zero attached hydrogens (tertiary/aromatic N) is 1. The SMILES string of the molecule is COC[C@H](N)CS(=O)(=O)Cc1cnc2ccccc2c1. The summed E-state index contributed by atoms with van der Waals surface area (Å²) < 4.78 is 29.0. The van der Waals surface area contributed by atoms with Crippen molar-refractivity contribution in [2.45, 2.75) is 11.8 Å². The Morgan fingerprint density at radius 3 is 2.85 bits per heavy atom. The van der Waals surface area contributed by atoms with Crippen LogP contribution < -0.4 is 5.73 Å². The van der Waals surface area contributed by atoms with Crippen molar-refractivity contribution in [2.75, 3.05) is 19.5 Å². The molecule has 2 N–H and O–H groups in total. The molecule has 2 rings (SSSR count). The Kier molecular flexibility index (Phi) is 4.69. The van der Waals surface area contributed by atoms with Gasteiger partial charge in [0.1, 0.15) is 0 Å². The van der Waals surface area contributed by atoms with Crippen LogP contribution >= 0.6 is 0 Å². The molecule has 0 radical (unpaired) electrons. The van der Waals surface area contributed by atoms with Gasteiger partial charge in [0.25, 0.3) is 0 Å². The van der Waals surface area contributed by atoms with Gasteiger partial charge in [-0.1, -0.05) is 18.2 Å². The van der Waals surface area contributed by atoms with Gasteiger partial charge in [-0.25, -0.2) is 8.42 Å². The molecule has 1 atom stereocenters. The Morgan fingerprint density at radius 2 is 2.10 bits per heavy atom. The lowest BCUT2D eigenvalue weighted by Crippen LogP contribution is -2.34. The summed E-state index contributed by atoms with van der Waals surface area (Å²) in [4.78, 5) is 4.26. The van der Waals surface area contributed by atoms with Crippen LogP contribution in [0.5, 0.6) is 0 Å². The predicted molar refractivity (Wildman–Crippen MR) is 79.1 cm³/mol. The lowest BCUT2D eigenvalue weighted by atomic mass is 10.2. The van der Waals surface area contributed by atoms with E-state index >= 15 is 0 Å². The highest BCUT2D eigenvalue weighted by Crippen LogP contribution is 2.15. The first-order chi connectivity index (χ1) is 9.50. The molecule has 20 heavy (non-hydrogen) atoms. The zero-order valence-corrected chi connectivity index (χ0v) is 12.1. The van der Waals surface area contributed by atoms with E-state index in [1.807, 2.05) is 30.3 Å². The third-order valence-corrected chi connectivity index (χ3v) is 4.59. The van der Waals surface area contributed by atoms with Crippen molar-refractivity contribution in [1.82, 2.24) is 4.98 Å². The minimum atomic E-state index is -3.27. The zero-order valence-electron chi connectivity index (χ0n) is 11.3. The van der Waals surface area contributed by atoms with Crippen LogP contribution in [-0.4, -0.2) is 38.9 Å². The molecule has 0 saturated heterocycles. The summed E-state index contributed by atoms with van der Waals surface area (Å²) in [5.41, 5.74) is 7.22. The number of fused-ring (bicyclic) bond motifs is 1. The first kappa shape index (κ1) is 14.9. The lowest BCUT2D eigenvalue weighted by molar-refractivity contribution is 0.186. The molecular formula is C14H18N2O3S. The summed E-state index contributed by atoms with van der Waals surface area (Å²) >= 11 is 0. The third kappa shape index (κ3) is 4.00. The van der Waals surface area contributed by atoms with Crippen LogP contribution in [0, 0.1) is 0 Å². The molecule has 1 heterocycles. The molecule has 5 nitrogen and oxygen atoms in total. The smallest absolute Gasteiger partial charge is 0.156 e. The van der Waals surface area contributed by atoms with E-state index in [1.54, 1.807) is 6.20 Å². The molecule has 0 spiro atoms. The summed E-state index contributed by atoms with van der Waals surface area (Å²) in [5, 5.41) is 0.932. The Morgan fingerprint density at radius 1 is 1.35 bits per heavy atom. The second-order valence-corrected chi connectivity index (χ2v) is 6.92. The highest BCUT2D eigenvalue weighted by Gasteiger charge is 2.17. The summed E-state index contributed by atoms with van der Waals surface area (Å²) in [6.07, 6.45) is 1.60. The molecular weight excluding hydrogens is 276 g/mol. The summed E-state index contributed by atoms with van der Waals surface area (Å²) in [5.74, 6) is -0.143. The van der Waals surface area contributed by atoms with E-state index in [-0.39, 0.29) is 18.1 Å². The number of para-hydroxylation sites is 1. The first-order valence-electron chi connectivity index (χ1n) is 6.29. The first-order valence-corrected chi connectivity index (χ1v) is 8.11. The summed E-state index contributed by atoms with van der Waals surface area (Å²) in [6.45, 7) is 0.231. The number of benzene rings is 1. The normalized spacial score (nSPS) is 13.5. The van der Waals surface area contributed by atoms with E-state index in [0.717, 1.165) is 10.9 Å². The fraction of sp³-hybridized carbons (Fsp3) is 0.357. The molecule has 0 unspecified atom stereocenters. The summed E-state index contributed by atoms with van der Waals surface area (Å²) in [7, 11) is -1.77. The molecule has 1 aromatic carbocycles. The van der Waals surface area contributed by atoms with Crippen molar-refractivity contribution in [3.05, 3.63) is 42.1 Å². The average Bonchev–Trinajstić information content (AvgIpc) is 2.37. The van der Waals surface area contributed by atoms with E-state index < -0.39 is 15.9 Å². The molecule has 0 aliphatic heterocycles. The monoisotopic (exact) mass is 294 g/mol. The Balaban J connectivity index is 2.14. The van der Waals surface area contributed by atoms with E-state index in [2.05, 4.69) is 4.98 Å². The van der Waals surface area contributed by atoms with Crippen LogP contribution in [0.4, 0.5) is 0 Å². The molecule has 0 saturated carbocycles. The quantitative estimate of drug-likeness (QED) is 0.863. The topological polar surface area (TPSA) is 82.3 Å². The molecule has 0 fully saturated rings. The number of hydrogen-bond donors (Lipinski definition) is 1. The van der Waals surface area contributed by atoms with Gasteiger partial charge in [0.2, 0.25) is 0 Å². The third-order valence-electron chi connectivity index (χ3n) is 2.88. The van der Waals surface area contributed by atoms with Crippen LogP contribution in [0.3, 0.4) is 0 Å². The van der Waals surface area contributed by atoms with Crippen molar-refractivity contribution in [2.24, 2.45) is 5.73 Å². The van der Waals surface area contributed by atoms with Gasteiger partial charge < -0.3 is 10.5 Å². The van der Waals surface area contributed by atoms with Gasteiger partial charge >= 0.3 is 0 Å². The Bertz CT molecular complexity index is 686. The maximum atomic E-state index is 12.1. The van der Waals surface area contributed by atoms with Gasteiger partial charge in [0, 0.05) is 24.7 Å². The van der Waals surface area contributed by atoms with E-state index in [4.69, 9.17) is 10.5 Å². The number of rotatable bonds is 6. The van der Waals surface area contributed by atoms with Crippen LogP contribution in [0.15, 0.2) is 36.5 Å². The number of ether oxygens (including phenoxy) is 1. The predicted octanol–water partition coefficient (Wildman–Crippen LogP) is 1.12. The van der Waals surface area contributed by atoms with E-state index in [9.17, 15) is 8.42 Å². The number of methoxy groups -OCH3 is 1. The highest BCUT2D eigenvalue weighted by atomic mass is 32.2. The standard InChI is InChI=1S/C14H18N2O3S/c1-19-8-13(15)10-20(17,18)9-11-6-12-4-2-3-5-14(12)16-7-11/h2-7,13H,8-10,15H2,1H3/t13-/m0/s1. The van der Waals surface area contributed by atoms with Gasteiger partial charge in [-0.2, -0.15) is 0 Å². The van der Waals surface area contributed by atoms with E-state index in [1.165, 1.54) is 7.11 Å². The largest absolute Gasteiger partial charge is 0.383 e. The van der Waals surface area contributed by atoms with Crippen molar-refractivity contribution in [3.8, 4) is 0 Å². The molecule has 2 aromatic rings. The molecule has 1 aromatic heterocycles. The van der Waals surface area contributed by atoms with Gasteiger partial charge in [-0.15, -0.1) is 0 Å². The lowest BCUT2D eigenvalue weighted by Gasteiger charge is -2.11.